The molecule has 0 aliphatic carbocycles. The molecule has 0 bridgehead atoms. The maximum absolute atomic E-state index is 12.5. The summed E-state index contributed by atoms with van der Waals surface area (Å²) in [5.41, 5.74) is 3.99. The molecule has 1 spiro atoms. The van der Waals surface area contributed by atoms with Crippen LogP contribution in [0.2, 0.25) is 0 Å². The number of benzene rings is 1. The summed E-state index contributed by atoms with van der Waals surface area (Å²) < 4.78 is 8.30. The molecule has 0 unspecified atom stereocenters. The molecule has 0 radical (unpaired) electrons. The summed E-state index contributed by atoms with van der Waals surface area (Å²) >= 11 is 0. The van der Waals surface area contributed by atoms with Gasteiger partial charge < -0.3 is 15.0 Å². The number of nitrogens with zero attached hydrogens (tertiary/aromatic N) is 3. The molecule has 162 valence electrons. The van der Waals surface area contributed by atoms with Gasteiger partial charge >= 0.3 is 0 Å². The molecule has 30 heavy (non-hydrogen) atoms. The van der Waals surface area contributed by atoms with Gasteiger partial charge in [0.25, 0.3) is 5.91 Å². The van der Waals surface area contributed by atoms with Crippen molar-refractivity contribution in [1.29, 1.82) is 0 Å². The third-order valence-electron chi connectivity index (χ3n) is 6.59. The normalized spacial score (nSPS) is 18.3. The topological polar surface area (TPSA) is 59.4 Å². The van der Waals surface area contributed by atoms with Crippen molar-refractivity contribution in [2.45, 2.75) is 57.7 Å². The molecule has 1 N–H and O–H groups in total. The fraction of sp³-hybridized carbons (Fsp3) is 0.583. The summed E-state index contributed by atoms with van der Waals surface area (Å²) in [7, 11) is 1.95. The largest absolute Gasteiger partial charge is 0.370 e. The quantitative estimate of drug-likeness (QED) is 0.762. The van der Waals surface area contributed by atoms with Gasteiger partial charge in [-0.1, -0.05) is 37.3 Å². The van der Waals surface area contributed by atoms with Crippen LogP contribution in [0.3, 0.4) is 0 Å². The maximum atomic E-state index is 12.5. The first-order chi connectivity index (χ1) is 14.6. The second-order valence-electron chi connectivity index (χ2n) is 8.73. The Labute approximate surface area is 179 Å². The first kappa shape index (κ1) is 21.1. The molecule has 0 saturated carbocycles. The third kappa shape index (κ3) is 4.60. The lowest BCUT2D eigenvalue weighted by Gasteiger charge is -2.44. The highest BCUT2D eigenvalue weighted by Gasteiger charge is 2.41. The SMILES string of the molecule is CCCNC(=O)c1nn(C)c2c1COC1(CCN(CCCc3ccccc3)CC1)C2. The number of amides is 1. The molecule has 6 nitrogen and oxygen atoms in total. The minimum Gasteiger partial charge on any atom is -0.370 e. The zero-order valence-corrected chi connectivity index (χ0v) is 18.3. The predicted molar refractivity (Wildman–Crippen MR) is 117 cm³/mol. The van der Waals surface area contributed by atoms with Crippen LogP contribution in [0.15, 0.2) is 30.3 Å². The number of aryl methyl sites for hydroxylation is 2. The number of aromatic nitrogens is 2. The second-order valence-corrected chi connectivity index (χ2v) is 8.73. The summed E-state index contributed by atoms with van der Waals surface area (Å²) in [6.07, 6.45) is 6.19. The summed E-state index contributed by atoms with van der Waals surface area (Å²) in [5.74, 6) is -0.0820. The molecule has 6 heteroatoms. The second kappa shape index (κ2) is 9.31. The lowest BCUT2D eigenvalue weighted by atomic mass is 9.83. The van der Waals surface area contributed by atoms with Crippen LogP contribution in [0.4, 0.5) is 0 Å². The average Bonchev–Trinajstić information content (AvgIpc) is 3.10. The van der Waals surface area contributed by atoms with Crippen LogP contribution in [-0.4, -0.2) is 52.4 Å². The van der Waals surface area contributed by atoms with Gasteiger partial charge in [0.1, 0.15) is 0 Å². The highest BCUT2D eigenvalue weighted by atomic mass is 16.5. The van der Waals surface area contributed by atoms with E-state index >= 15 is 0 Å². The number of ether oxygens (including phenoxy) is 1. The Kier molecular flexibility index (Phi) is 6.54. The van der Waals surface area contributed by atoms with Gasteiger partial charge in [-0.3, -0.25) is 9.48 Å². The van der Waals surface area contributed by atoms with Gasteiger partial charge in [-0.15, -0.1) is 0 Å². The molecule has 1 fully saturated rings. The first-order valence-corrected chi connectivity index (χ1v) is 11.3. The van der Waals surface area contributed by atoms with Gasteiger partial charge in [-0.2, -0.15) is 5.10 Å². The van der Waals surface area contributed by atoms with Gasteiger partial charge in [-0.25, -0.2) is 0 Å². The van der Waals surface area contributed by atoms with Gasteiger partial charge in [0.15, 0.2) is 5.69 Å². The van der Waals surface area contributed by atoms with Crippen LogP contribution in [0.5, 0.6) is 0 Å². The fourth-order valence-corrected chi connectivity index (χ4v) is 4.72. The molecule has 1 aromatic carbocycles. The summed E-state index contributed by atoms with van der Waals surface area (Å²) in [6, 6.07) is 10.7. The number of carbonyl (C=O) groups excluding carboxylic acids is 1. The minimum absolute atomic E-state index is 0.0820. The van der Waals surface area contributed by atoms with E-state index in [0.29, 0.717) is 18.8 Å². The number of hydrogen-bond acceptors (Lipinski definition) is 4. The van der Waals surface area contributed by atoms with Crippen LogP contribution >= 0.6 is 0 Å². The Hall–Kier alpha value is -2.18. The molecule has 2 aliphatic rings. The summed E-state index contributed by atoms with van der Waals surface area (Å²) in [6.45, 7) is 6.51. The number of rotatable bonds is 7. The van der Waals surface area contributed by atoms with Crippen LogP contribution in [0, 0.1) is 0 Å². The van der Waals surface area contributed by atoms with E-state index in [1.54, 1.807) is 0 Å². The van der Waals surface area contributed by atoms with Gasteiger partial charge in [0.2, 0.25) is 0 Å². The van der Waals surface area contributed by atoms with E-state index in [1.807, 2.05) is 11.7 Å². The maximum Gasteiger partial charge on any atom is 0.272 e. The zero-order valence-electron chi connectivity index (χ0n) is 18.3. The van der Waals surface area contributed by atoms with Crippen molar-refractivity contribution in [2.75, 3.05) is 26.2 Å². The van der Waals surface area contributed by atoms with Crippen molar-refractivity contribution in [3.63, 3.8) is 0 Å². The molecule has 1 aromatic heterocycles. The molecule has 2 aliphatic heterocycles. The van der Waals surface area contributed by atoms with Crippen molar-refractivity contribution < 1.29 is 9.53 Å². The van der Waals surface area contributed by atoms with Gasteiger partial charge in [0, 0.05) is 44.4 Å². The van der Waals surface area contributed by atoms with Crippen molar-refractivity contribution in [1.82, 2.24) is 20.0 Å². The molecule has 4 rings (SSSR count). The van der Waals surface area contributed by atoms with E-state index in [2.05, 4.69) is 52.6 Å². The molecule has 3 heterocycles. The zero-order chi connectivity index (χ0) is 21.0. The first-order valence-electron chi connectivity index (χ1n) is 11.3. The van der Waals surface area contributed by atoms with Crippen molar-refractivity contribution in [2.24, 2.45) is 7.05 Å². The Morgan fingerprint density at radius 1 is 1.23 bits per heavy atom. The number of likely N-dealkylation sites (tertiary alicyclic amines) is 1. The third-order valence-corrected chi connectivity index (χ3v) is 6.59. The smallest absolute Gasteiger partial charge is 0.272 e. The monoisotopic (exact) mass is 410 g/mol. The molecule has 1 saturated heterocycles. The van der Waals surface area contributed by atoms with E-state index in [-0.39, 0.29) is 11.5 Å². The molecular weight excluding hydrogens is 376 g/mol. The van der Waals surface area contributed by atoms with Gasteiger partial charge in [0.05, 0.1) is 12.2 Å². The van der Waals surface area contributed by atoms with Crippen molar-refractivity contribution >= 4 is 5.91 Å². The summed E-state index contributed by atoms with van der Waals surface area (Å²) in [4.78, 5) is 15.0. The standard InChI is InChI=1S/C24H34N4O2/c1-3-13-25-23(29)22-20-18-30-24(17-21(20)27(2)26-22)11-15-28(16-12-24)14-7-10-19-8-5-4-6-9-19/h4-6,8-9H,3,7,10-18H2,1-2H3,(H,25,29). The van der Waals surface area contributed by atoms with Gasteiger partial charge in [-0.05, 0) is 44.2 Å². The highest BCUT2D eigenvalue weighted by Crippen LogP contribution is 2.37. The molecule has 1 amide bonds. The van der Waals surface area contributed by atoms with E-state index in [0.717, 1.165) is 57.3 Å². The number of carbonyl (C=O) groups is 1. The predicted octanol–water partition coefficient (Wildman–Crippen LogP) is 3.10. The highest BCUT2D eigenvalue weighted by molar-refractivity contribution is 5.94. The van der Waals surface area contributed by atoms with Crippen LogP contribution in [-0.2, 0) is 31.2 Å². The lowest BCUT2D eigenvalue weighted by molar-refractivity contribution is -0.103. The van der Waals surface area contributed by atoms with E-state index in [4.69, 9.17) is 4.74 Å². The Morgan fingerprint density at radius 2 is 2.00 bits per heavy atom. The minimum atomic E-state index is -0.103. The van der Waals surface area contributed by atoms with Crippen molar-refractivity contribution in [3.05, 3.63) is 52.8 Å². The van der Waals surface area contributed by atoms with Crippen LogP contribution < -0.4 is 5.32 Å². The molecule has 2 aromatic rings. The van der Waals surface area contributed by atoms with Crippen molar-refractivity contribution in [3.8, 4) is 0 Å². The fourth-order valence-electron chi connectivity index (χ4n) is 4.72. The number of nitrogens with one attached hydrogen (secondary N) is 1. The Balaban J connectivity index is 1.31. The Morgan fingerprint density at radius 3 is 2.73 bits per heavy atom. The average molecular weight is 411 g/mol. The number of piperidine rings is 1. The summed E-state index contributed by atoms with van der Waals surface area (Å²) in [5, 5.41) is 7.46. The van der Waals surface area contributed by atoms with Crippen LogP contribution in [0.25, 0.3) is 0 Å². The Bertz CT molecular complexity index is 854. The van der Waals surface area contributed by atoms with Crippen LogP contribution in [0.1, 0.15) is 59.9 Å². The van der Waals surface area contributed by atoms with E-state index < -0.39 is 0 Å². The number of hydrogen-bond donors (Lipinski definition) is 1. The molecular formula is C24H34N4O2. The molecule has 0 atom stereocenters. The van der Waals surface area contributed by atoms with E-state index in [1.165, 1.54) is 17.7 Å². The number of fused-ring (bicyclic) bond motifs is 1. The lowest BCUT2D eigenvalue weighted by Crippen LogP contribution is -2.49. The van der Waals surface area contributed by atoms with E-state index in [9.17, 15) is 4.79 Å².